The fourth-order valence-corrected chi connectivity index (χ4v) is 4.03. The van der Waals surface area contributed by atoms with Gasteiger partial charge in [-0.15, -0.1) is 0 Å². The Morgan fingerprint density at radius 3 is 2.04 bits per heavy atom. The van der Waals surface area contributed by atoms with Gasteiger partial charge in [-0.1, -0.05) is 36.4 Å². The van der Waals surface area contributed by atoms with Crippen LogP contribution in [0.3, 0.4) is 0 Å². The molecular formula is C20H18N2O4S. The van der Waals surface area contributed by atoms with E-state index in [1.54, 1.807) is 49.4 Å². The number of rotatable bonds is 4. The number of phenolic OH excluding ortho intramolecular Hbond substituents is 1. The van der Waals surface area contributed by atoms with Crippen LogP contribution >= 0.6 is 0 Å². The number of sulfone groups is 1. The van der Waals surface area contributed by atoms with Crippen LogP contribution in [0.1, 0.15) is 5.56 Å². The van der Waals surface area contributed by atoms with Crippen LogP contribution in [0.25, 0.3) is 0 Å². The van der Waals surface area contributed by atoms with E-state index >= 15 is 0 Å². The number of benzene rings is 3. The van der Waals surface area contributed by atoms with Crippen LogP contribution in [-0.2, 0) is 9.84 Å². The molecule has 0 aliphatic heterocycles. The molecule has 0 atom stereocenters. The van der Waals surface area contributed by atoms with Crippen LogP contribution in [0.15, 0.2) is 82.6 Å². The Balaban J connectivity index is 1.92. The van der Waals surface area contributed by atoms with Crippen molar-refractivity contribution in [1.82, 2.24) is 0 Å². The van der Waals surface area contributed by atoms with E-state index < -0.39 is 15.9 Å². The summed E-state index contributed by atoms with van der Waals surface area (Å²) in [5.41, 5.74) is 1.19. The second-order valence-corrected chi connectivity index (χ2v) is 7.82. The minimum Gasteiger partial charge on any atom is -0.506 e. The Kier molecular flexibility index (Phi) is 5.14. The van der Waals surface area contributed by atoms with Gasteiger partial charge in [0.2, 0.25) is 9.84 Å². The van der Waals surface area contributed by atoms with E-state index in [4.69, 9.17) is 0 Å². The van der Waals surface area contributed by atoms with Crippen molar-refractivity contribution in [1.29, 1.82) is 0 Å². The standard InChI is InChI=1S/C20H18N2O4S/c1-14-12-16(22-20(24)21-15-8-4-2-5-9-15)13-18(19(14)23)27(25,26)17-10-6-3-7-11-17/h2-13,23H,1H3,(H2,21,22,24). The maximum atomic E-state index is 12.8. The Hall–Kier alpha value is -3.32. The van der Waals surface area contributed by atoms with Gasteiger partial charge in [0.15, 0.2) is 0 Å². The van der Waals surface area contributed by atoms with Gasteiger partial charge in [0.1, 0.15) is 10.6 Å². The summed E-state index contributed by atoms with van der Waals surface area (Å²) in [5, 5.41) is 15.5. The number of nitrogens with one attached hydrogen (secondary N) is 2. The topological polar surface area (TPSA) is 95.5 Å². The molecule has 0 unspecified atom stereocenters. The molecule has 0 saturated carbocycles. The first-order valence-electron chi connectivity index (χ1n) is 8.15. The third-order valence-electron chi connectivity index (χ3n) is 3.90. The van der Waals surface area contributed by atoms with Crippen LogP contribution < -0.4 is 10.6 Å². The third kappa shape index (κ3) is 4.09. The van der Waals surface area contributed by atoms with Crippen LogP contribution in [-0.4, -0.2) is 19.6 Å². The molecule has 3 aromatic rings. The molecule has 0 fully saturated rings. The molecular weight excluding hydrogens is 364 g/mol. The molecule has 27 heavy (non-hydrogen) atoms. The Bertz CT molecular complexity index is 1070. The van der Waals surface area contributed by atoms with Crippen molar-refractivity contribution in [2.75, 3.05) is 10.6 Å². The van der Waals surface area contributed by atoms with Gasteiger partial charge in [0, 0.05) is 11.4 Å². The number of urea groups is 1. The number of carbonyl (C=O) groups excluding carboxylic acids is 1. The first kappa shape index (κ1) is 18.5. The maximum Gasteiger partial charge on any atom is 0.323 e. The second kappa shape index (κ2) is 7.51. The van der Waals surface area contributed by atoms with Gasteiger partial charge in [0.05, 0.1) is 4.90 Å². The minimum absolute atomic E-state index is 0.0607. The van der Waals surface area contributed by atoms with E-state index in [2.05, 4.69) is 10.6 Å². The number of para-hydroxylation sites is 1. The van der Waals surface area contributed by atoms with Crippen LogP contribution in [0.2, 0.25) is 0 Å². The number of anilines is 2. The minimum atomic E-state index is -3.93. The molecule has 3 aromatic carbocycles. The molecule has 0 bridgehead atoms. The van der Waals surface area contributed by atoms with Gasteiger partial charge in [-0.2, -0.15) is 0 Å². The maximum absolute atomic E-state index is 12.8. The Morgan fingerprint density at radius 1 is 0.852 bits per heavy atom. The summed E-state index contributed by atoms with van der Waals surface area (Å²) in [6, 6.07) is 18.9. The average Bonchev–Trinajstić information content (AvgIpc) is 2.66. The first-order chi connectivity index (χ1) is 12.9. The van der Waals surface area contributed by atoms with E-state index in [-0.39, 0.29) is 21.2 Å². The van der Waals surface area contributed by atoms with Crippen molar-refractivity contribution in [2.24, 2.45) is 0 Å². The van der Waals surface area contributed by atoms with Crippen LogP contribution in [0, 0.1) is 6.92 Å². The van der Waals surface area contributed by atoms with Crippen molar-refractivity contribution in [2.45, 2.75) is 16.7 Å². The summed E-state index contributed by atoms with van der Waals surface area (Å²) in [4.78, 5) is 12.0. The fourth-order valence-electron chi connectivity index (χ4n) is 2.57. The fraction of sp³-hybridized carbons (Fsp3) is 0.0500. The number of hydrogen-bond acceptors (Lipinski definition) is 4. The van der Waals surface area contributed by atoms with Crippen molar-refractivity contribution in [3.8, 4) is 5.75 Å². The number of aryl methyl sites for hydroxylation is 1. The molecule has 6 nitrogen and oxygen atoms in total. The zero-order chi connectivity index (χ0) is 19.4. The summed E-state index contributed by atoms with van der Waals surface area (Å²) in [6.07, 6.45) is 0. The lowest BCUT2D eigenvalue weighted by Gasteiger charge is -2.13. The Morgan fingerprint density at radius 2 is 1.41 bits per heavy atom. The van der Waals surface area contributed by atoms with E-state index in [0.29, 0.717) is 11.3 Å². The summed E-state index contributed by atoms with van der Waals surface area (Å²) < 4.78 is 25.7. The first-order valence-corrected chi connectivity index (χ1v) is 9.63. The molecule has 0 heterocycles. The molecule has 0 aromatic heterocycles. The Labute approximate surface area is 157 Å². The number of carbonyl (C=O) groups is 1. The zero-order valence-electron chi connectivity index (χ0n) is 14.5. The average molecular weight is 382 g/mol. The molecule has 0 saturated heterocycles. The van der Waals surface area contributed by atoms with E-state index in [0.717, 1.165) is 0 Å². The normalized spacial score (nSPS) is 11.0. The van der Waals surface area contributed by atoms with Crippen LogP contribution in [0.4, 0.5) is 16.2 Å². The predicted octanol–water partition coefficient (Wildman–Crippen LogP) is 4.18. The number of aromatic hydroxyl groups is 1. The summed E-state index contributed by atoms with van der Waals surface area (Å²) in [5.74, 6) is -0.340. The van der Waals surface area contributed by atoms with Gasteiger partial charge < -0.3 is 15.7 Å². The van der Waals surface area contributed by atoms with E-state index in [1.807, 2.05) is 6.07 Å². The smallest absolute Gasteiger partial charge is 0.323 e. The van der Waals surface area contributed by atoms with Crippen molar-refractivity contribution in [3.05, 3.63) is 78.4 Å². The zero-order valence-corrected chi connectivity index (χ0v) is 15.3. The largest absolute Gasteiger partial charge is 0.506 e. The lowest BCUT2D eigenvalue weighted by Crippen LogP contribution is -2.19. The van der Waals surface area contributed by atoms with Gasteiger partial charge in [-0.3, -0.25) is 0 Å². The number of hydrogen-bond donors (Lipinski definition) is 3. The molecule has 3 rings (SSSR count). The van der Waals surface area contributed by atoms with Gasteiger partial charge in [-0.25, -0.2) is 13.2 Å². The predicted molar refractivity (Wildman–Crippen MR) is 104 cm³/mol. The van der Waals surface area contributed by atoms with Crippen molar-refractivity contribution in [3.63, 3.8) is 0 Å². The SMILES string of the molecule is Cc1cc(NC(=O)Nc2ccccc2)cc(S(=O)(=O)c2ccccc2)c1O. The summed E-state index contributed by atoms with van der Waals surface area (Å²) in [7, 11) is -3.93. The molecule has 0 radical (unpaired) electrons. The number of phenols is 1. The van der Waals surface area contributed by atoms with Gasteiger partial charge in [0.25, 0.3) is 0 Å². The number of amides is 2. The molecule has 2 amide bonds. The highest BCUT2D eigenvalue weighted by molar-refractivity contribution is 7.91. The highest BCUT2D eigenvalue weighted by Crippen LogP contribution is 2.34. The highest BCUT2D eigenvalue weighted by atomic mass is 32.2. The lowest BCUT2D eigenvalue weighted by molar-refractivity contribution is 0.262. The van der Waals surface area contributed by atoms with Gasteiger partial charge >= 0.3 is 6.03 Å². The van der Waals surface area contributed by atoms with Crippen molar-refractivity contribution >= 4 is 27.2 Å². The van der Waals surface area contributed by atoms with E-state index in [9.17, 15) is 18.3 Å². The molecule has 0 spiro atoms. The summed E-state index contributed by atoms with van der Waals surface area (Å²) in [6.45, 7) is 1.57. The van der Waals surface area contributed by atoms with Gasteiger partial charge in [-0.05, 0) is 48.9 Å². The third-order valence-corrected chi connectivity index (χ3v) is 5.68. The van der Waals surface area contributed by atoms with E-state index in [1.165, 1.54) is 24.3 Å². The molecule has 138 valence electrons. The lowest BCUT2D eigenvalue weighted by atomic mass is 10.2. The summed E-state index contributed by atoms with van der Waals surface area (Å²) >= 11 is 0. The monoisotopic (exact) mass is 382 g/mol. The van der Waals surface area contributed by atoms with Crippen LogP contribution in [0.5, 0.6) is 5.75 Å². The molecule has 0 aliphatic rings. The van der Waals surface area contributed by atoms with Crippen molar-refractivity contribution < 1.29 is 18.3 Å². The second-order valence-electron chi connectivity index (χ2n) is 5.90. The molecule has 3 N–H and O–H groups in total. The highest BCUT2D eigenvalue weighted by Gasteiger charge is 2.23. The quantitative estimate of drug-likeness (QED) is 0.590. The molecule has 7 heteroatoms. The molecule has 0 aliphatic carbocycles.